The molecule has 0 aliphatic rings. The Balaban J connectivity index is 2.24. The van der Waals surface area contributed by atoms with Crippen molar-refractivity contribution in [2.75, 3.05) is 0 Å². The fourth-order valence-corrected chi connectivity index (χ4v) is 1.58. The van der Waals surface area contributed by atoms with E-state index in [1.165, 1.54) is 22.9 Å². The Morgan fingerprint density at radius 1 is 1.45 bits per heavy atom. The van der Waals surface area contributed by atoms with Crippen molar-refractivity contribution in [1.82, 2.24) is 9.99 Å². The summed E-state index contributed by atoms with van der Waals surface area (Å²) in [5.74, 6) is 4.80. The third kappa shape index (κ3) is 2.72. The Hall–Kier alpha value is -2.94. The van der Waals surface area contributed by atoms with E-state index in [4.69, 9.17) is 10.3 Å². The summed E-state index contributed by atoms with van der Waals surface area (Å²) in [4.78, 5) is 32.4. The van der Waals surface area contributed by atoms with Crippen molar-refractivity contribution in [3.8, 4) is 0 Å². The fraction of sp³-hybridized carbons (Fsp3) is 0.0909. The number of rotatable bonds is 4. The monoisotopic (exact) mass is 278 g/mol. The normalized spacial score (nSPS) is 10.2. The summed E-state index contributed by atoms with van der Waals surface area (Å²) in [5, 5.41) is 10.7. The molecule has 0 saturated heterocycles. The molecule has 2 heterocycles. The highest BCUT2D eigenvalue weighted by Gasteiger charge is 2.13. The van der Waals surface area contributed by atoms with Gasteiger partial charge in [0.05, 0.1) is 17.7 Å². The summed E-state index contributed by atoms with van der Waals surface area (Å²) in [6.45, 7) is 0.138. The quantitative estimate of drug-likeness (QED) is 0.350. The number of pyridine rings is 1. The highest BCUT2D eigenvalue weighted by Crippen LogP contribution is 2.11. The molecule has 2 aromatic heterocycles. The fourth-order valence-electron chi connectivity index (χ4n) is 1.58. The summed E-state index contributed by atoms with van der Waals surface area (Å²) < 4.78 is 6.62. The van der Waals surface area contributed by atoms with Crippen LogP contribution >= 0.6 is 0 Å². The predicted octanol–water partition coefficient (Wildman–Crippen LogP) is 0.00130. The Bertz CT molecular complexity index is 718. The van der Waals surface area contributed by atoms with Crippen molar-refractivity contribution >= 4 is 11.6 Å². The van der Waals surface area contributed by atoms with Crippen LogP contribution in [0.25, 0.3) is 0 Å². The van der Waals surface area contributed by atoms with Crippen LogP contribution < -0.4 is 16.7 Å². The maximum absolute atomic E-state index is 11.3. The number of carbonyl (C=O) groups excluding carboxylic acids is 1. The van der Waals surface area contributed by atoms with Crippen LogP contribution in [0.1, 0.15) is 16.3 Å². The lowest BCUT2D eigenvalue weighted by atomic mass is 10.3. The number of carbonyl (C=O) groups is 1. The van der Waals surface area contributed by atoms with E-state index in [2.05, 4.69) is 0 Å². The zero-order valence-electron chi connectivity index (χ0n) is 10.1. The van der Waals surface area contributed by atoms with Gasteiger partial charge in [0.25, 0.3) is 5.43 Å². The second-order valence-corrected chi connectivity index (χ2v) is 3.86. The smallest absolute Gasteiger partial charge is 0.332 e. The molecular weight excluding hydrogens is 268 g/mol. The highest BCUT2D eigenvalue weighted by molar-refractivity contribution is 5.90. The molecule has 0 radical (unpaired) electrons. The van der Waals surface area contributed by atoms with Crippen molar-refractivity contribution in [3.63, 3.8) is 0 Å². The first-order valence-electron chi connectivity index (χ1n) is 5.45. The number of hydrogen-bond acceptors (Lipinski definition) is 6. The number of hydrazine groups is 1. The van der Waals surface area contributed by atoms with E-state index in [9.17, 15) is 19.7 Å². The van der Waals surface area contributed by atoms with Crippen LogP contribution in [0, 0.1) is 10.1 Å². The number of nitrogens with zero attached hydrogens (tertiary/aromatic N) is 2. The van der Waals surface area contributed by atoms with Gasteiger partial charge < -0.3 is 8.98 Å². The first kappa shape index (κ1) is 13.5. The maximum Gasteiger partial charge on any atom is 0.332 e. The zero-order valence-corrected chi connectivity index (χ0v) is 10.1. The molecule has 0 aliphatic carbocycles. The number of nitrogen functional groups attached to an aromatic ring is 1. The van der Waals surface area contributed by atoms with Crippen LogP contribution in [-0.2, 0) is 6.54 Å². The zero-order chi connectivity index (χ0) is 14.7. The third-order valence-electron chi connectivity index (χ3n) is 2.51. The van der Waals surface area contributed by atoms with Crippen molar-refractivity contribution in [1.29, 1.82) is 0 Å². The molecule has 20 heavy (non-hydrogen) atoms. The van der Waals surface area contributed by atoms with E-state index >= 15 is 0 Å². The number of furan rings is 1. The third-order valence-corrected chi connectivity index (χ3v) is 2.51. The molecule has 0 aliphatic heterocycles. The number of nitrogens with two attached hydrogens (primary N) is 1. The number of nitrogens with one attached hydrogen (secondary N) is 1. The minimum absolute atomic E-state index is 0.0260. The van der Waals surface area contributed by atoms with Crippen molar-refractivity contribution in [3.05, 3.63) is 62.5 Å². The molecule has 0 unspecified atom stereocenters. The summed E-state index contributed by atoms with van der Waals surface area (Å²) >= 11 is 0. The molecule has 1 amide bonds. The summed E-state index contributed by atoms with van der Waals surface area (Å²) in [6.07, 6.45) is 2.49. The van der Waals surface area contributed by atoms with Crippen molar-refractivity contribution in [2.45, 2.75) is 6.54 Å². The van der Waals surface area contributed by atoms with E-state index < -0.39 is 21.9 Å². The van der Waals surface area contributed by atoms with Gasteiger partial charge in [-0.15, -0.1) is 0 Å². The molecule has 9 heteroatoms. The summed E-state index contributed by atoms with van der Waals surface area (Å²) in [6, 6.07) is 4.05. The number of hydrogen-bond donors (Lipinski definition) is 2. The molecule has 0 atom stereocenters. The van der Waals surface area contributed by atoms with E-state index in [0.717, 1.165) is 12.3 Å². The molecule has 3 N–H and O–H groups in total. The lowest BCUT2D eigenvalue weighted by Gasteiger charge is -2.03. The van der Waals surface area contributed by atoms with Crippen LogP contribution in [0.2, 0.25) is 0 Å². The Labute approximate surface area is 111 Å². The molecule has 104 valence electrons. The first-order valence-corrected chi connectivity index (χ1v) is 5.45. The van der Waals surface area contributed by atoms with Crippen LogP contribution in [0.4, 0.5) is 5.69 Å². The lowest BCUT2D eigenvalue weighted by molar-refractivity contribution is -0.386. The number of nitro groups is 1. The van der Waals surface area contributed by atoms with E-state index in [1.54, 1.807) is 0 Å². The Morgan fingerprint density at radius 2 is 2.20 bits per heavy atom. The van der Waals surface area contributed by atoms with E-state index in [-0.39, 0.29) is 12.3 Å². The molecule has 9 nitrogen and oxygen atoms in total. The van der Waals surface area contributed by atoms with Gasteiger partial charge in [-0.05, 0) is 12.1 Å². The van der Waals surface area contributed by atoms with Gasteiger partial charge >= 0.3 is 11.6 Å². The molecule has 0 bridgehead atoms. The van der Waals surface area contributed by atoms with Gasteiger partial charge in [-0.25, -0.2) is 5.84 Å². The second-order valence-electron chi connectivity index (χ2n) is 3.86. The molecule has 2 rings (SSSR count). The summed E-state index contributed by atoms with van der Waals surface area (Å²) in [7, 11) is 0. The lowest BCUT2D eigenvalue weighted by Crippen LogP contribution is -2.29. The van der Waals surface area contributed by atoms with Gasteiger partial charge in [0.2, 0.25) is 0 Å². The van der Waals surface area contributed by atoms with Crippen molar-refractivity contribution in [2.24, 2.45) is 5.84 Å². The van der Waals surface area contributed by atoms with Crippen LogP contribution in [0.5, 0.6) is 0 Å². The van der Waals surface area contributed by atoms with Gasteiger partial charge in [-0.3, -0.25) is 25.1 Å². The Morgan fingerprint density at radius 3 is 2.85 bits per heavy atom. The Kier molecular flexibility index (Phi) is 3.62. The minimum atomic E-state index is -0.756. The van der Waals surface area contributed by atoms with E-state index in [0.29, 0.717) is 5.76 Å². The summed E-state index contributed by atoms with van der Waals surface area (Å²) in [5.41, 5.74) is 0.719. The molecular formula is C11H10N4O5. The maximum atomic E-state index is 11.3. The number of amides is 1. The largest absolute Gasteiger partial charge is 0.454 e. The van der Waals surface area contributed by atoms with Gasteiger partial charge in [-0.1, -0.05) is 0 Å². The van der Waals surface area contributed by atoms with Gasteiger partial charge in [-0.2, -0.15) is 0 Å². The first-order chi connectivity index (χ1) is 9.51. The SMILES string of the molecule is NNC(=O)c1ccc(Cn2ccc(=O)c([N+](=O)[O-])c2)o1. The molecule has 0 spiro atoms. The average molecular weight is 278 g/mol. The molecule has 0 aromatic carbocycles. The van der Waals surface area contributed by atoms with Gasteiger partial charge in [0.1, 0.15) is 5.76 Å². The van der Waals surface area contributed by atoms with Crippen LogP contribution in [0.15, 0.2) is 39.8 Å². The molecule has 0 fully saturated rings. The van der Waals surface area contributed by atoms with Crippen molar-refractivity contribution < 1.29 is 14.1 Å². The standard InChI is InChI=1S/C11H10N4O5/c12-13-11(17)10-2-1-7(20-10)5-14-4-3-9(16)8(6-14)15(18)19/h1-4,6H,5,12H2,(H,13,17). The minimum Gasteiger partial charge on any atom is -0.454 e. The predicted molar refractivity (Wildman–Crippen MR) is 66.8 cm³/mol. The van der Waals surface area contributed by atoms with Crippen LogP contribution in [0.3, 0.4) is 0 Å². The van der Waals surface area contributed by atoms with E-state index in [1.807, 2.05) is 5.43 Å². The molecule has 2 aromatic rings. The highest BCUT2D eigenvalue weighted by atomic mass is 16.6. The molecule has 0 saturated carbocycles. The number of aromatic nitrogens is 1. The second kappa shape index (κ2) is 5.36. The van der Waals surface area contributed by atoms with Crippen LogP contribution in [-0.4, -0.2) is 15.4 Å². The topological polar surface area (TPSA) is 133 Å². The van der Waals surface area contributed by atoms with Gasteiger partial charge in [0.15, 0.2) is 5.76 Å². The average Bonchev–Trinajstić information content (AvgIpc) is 2.88. The van der Waals surface area contributed by atoms with Gasteiger partial charge in [0, 0.05) is 12.3 Å².